The number of amides is 1. The van der Waals surface area contributed by atoms with E-state index in [0.29, 0.717) is 24.9 Å². The van der Waals surface area contributed by atoms with Crippen molar-refractivity contribution in [2.45, 2.75) is 38.3 Å². The van der Waals surface area contributed by atoms with Gasteiger partial charge in [-0.05, 0) is 38.0 Å². The molecule has 1 aromatic carbocycles. The monoisotopic (exact) mass is 416 g/mol. The van der Waals surface area contributed by atoms with Gasteiger partial charge in [0.2, 0.25) is 11.8 Å². The fraction of sp³-hybridized carbons (Fsp3) is 0.391. The van der Waals surface area contributed by atoms with Gasteiger partial charge in [-0.15, -0.1) is 0 Å². The Morgan fingerprint density at radius 2 is 2.00 bits per heavy atom. The topological polar surface area (TPSA) is 86.9 Å². The number of fused-ring (bicyclic) bond motifs is 2. The summed E-state index contributed by atoms with van der Waals surface area (Å²) in [5.74, 6) is 0.810. The van der Waals surface area contributed by atoms with Gasteiger partial charge in [-0.3, -0.25) is 4.79 Å². The molecule has 0 bridgehead atoms. The zero-order valence-electron chi connectivity index (χ0n) is 17.6. The zero-order chi connectivity index (χ0) is 21.1. The van der Waals surface area contributed by atoms with Crippen LogP contribution in [0.1, 0.15) is 32.2 Å². The number of pyridine rings is 1. The van der Waals surface area contributed by atoms with Gasteiger partial charge in [0.15, 0.2) is 0 Å². The van der Waals surface area contributed by atoms with E-state index in [1.54, 1.807) is 0 Å². The molecule has 0 spiro atoms. The summed E-state index contributed by atoms with van der Waals surface area (Å²) in [6, 6.07) is 8.65. The maximum absolute atomic E-state index is 11.7. The first-order chi connectivity index (χ1) is 15.1. The smallest absolute Gasteiger partial charge is 0.241 e. The second-order valence-electron chi connectivity index (χ2n) is 8.71. The summed E-state index contributed by atoms with van der Waals surface area (Å²) in [6.07, 6.45) is 6.38. The van der Waals surface area contributed by atoms with Crippen LogP contribution < -0.4 is 10.1 Å². The van der Waals surface area contributed by atoms with Gasteiger partial charge >= 0.3 is 0 Å². The van der Waals surface area contributed by atoms with Crippen molar-refractivity contribution in [1.82, 2.24) is 29.4 Å². The summed E-state index contributed by atoms with van der Waals surface area (Å²) in [4.78, 5) is 25.7. The lowest BCUT2D eigenvalue weighted by Crippen LogP contribution is -2.26. The van der Waals surface area contributed by atoms with Crippen molar-refractivity contribution in [2.75, 3.05) is 6.54 Å². The molecular formula is C23H24N6O2. The number of imidazole rings is 2. The number of hydrogen-bond donors (Lipinski definition) is 1. The third-order valence-corrected chi connectivity index (χ3v) is 6.45. The van der Waals surface area contributed by atoms with E-state index >= 15 is 0 Å². The average molecular weight is 416 g/mol. The molecule has 3 aromatic heterocycles. The molecule has 2 fully saturated rings. The highest BCUT2D eigenvalue weighted by molar-refractivity contribution is 5.87. The number of carbonyl (C=O) groups excluding carboxylic acids is 1. The van der Waals surface area contributed by atoms with E-state index in [0.717, 1.165) is 46.2 Å². The Bertz CT molecular complexity index is 1320. The molecule has 1 N–H and O–H groups in total. The summed E-state index contributed by atoms with van der Waals surface area (Å²) in [7, 11) is 1.99. The Kier molecular flexibility index (Phi) is 4.03. The highest BCUT2D eigenvalue weighted by Crippen LogP contribution is 2.40. The molecule has 8 nitrogen and oxygen atoms in total. The number of nitrogens with zero attached hydrogens (tertiary/aromatic N) is 5. The fourth-order valence-electron chi connectivity index (χ4n) is 4.40. The van der Waals surface area contributed by atoms with Gasteiger partial charge in [0.1, 0.15) is 11.6 Å². The molecule has 8 heteroatoms. The molecule has 0 radical (unpaired) electrons. The number of benzene rings is 1. The summed E-state index contributed by atoms with van der Waals surface area (Å²) in [5.41, 5.74) is 5.64. The van der Waals surface area contributed by atoms with Crippen molar-refractivity contribution in [3.8, 4) is 17.1 Å². The molecule has 1 aliphatic heterocycles. The number of aryl methyl sites for hydroxylation is 1. The van der Waals surface area contributed by atoms with Crippen LogP contribution >= 0.6 is 0 Å². The summed E-state index contributed by atoms with van der Waals surface area (Å²) < 4.78 is 10.6. The van der Waals surface area contributed by atoms with Crippen LogP contribution in [0.15, 0.2) is 36.9 Å². The van der Waals surface area contributed by atoms with Gasteiger partial charge in [-0.25, -0.2) is 15.0 Å². The van der Waals surface area contributed by atoms with Crippen molar-refractivity contribution in [3.05, 3.63) is 36.9 Å². The van der Waals surface area contributed by atoms with E-state index in [-0.39, 0.29) is 17.9 Å². The van der Waals surface area contributed by atoms with Crippen LogP contribution in [0.3, 0.4) is 0 Å². The van der Waals surface area contributed by atoms with Crippen molar-refractivity contribution >= 4 is 28.0 Å². The molecular weight excluding hydrogens is 392 g/mol. The van der Waals surface area contributed by atoms with Crippen LogP contribution in [0.2, 0.25) is 0 Å². The van der Waals surface area contributed by atoms with Crippen LogP contribution in [0, 0.1) is 5.92 Å². The van der Waals surface area contributed by atoms with E-state index in [1.807, 2.05) is 49.4 Å². The van der Waals surface area contributed by atoms with E-state index in [4.69, 9.17) is 9.72 Å². The fourth-order valence-corrected chi connectivity index (χ4v) is 4.40. The minimum absolute atomic E-state index is 0.0832. The SMILES string of the molecule is CC(Oc1nc(-c2ccc3ncn(C)c3c2)cc2ncn(C3CC3)c12)C1CNC(=O)C1. The van der Waals surface area contributed by atoms with E-state index in [1.165, 1.54) is 0 Å². The molecule has 1 amide bonds. The first-order valence-corrected chi connectivity index (χ1v) is 10.8. The first-order valence-electron chi connectivity index (χ1n) is 10.8. The Hall–Kier alpha value is -3.42. The van der Waals surface area contributed by atoms with Crippen molar-refractivity contribution in [2.24, 2.45) is 13.0 Å². The second-order valence-corrected chi connectivity index (χ2v) is 8.71. The first kappa shape index (κ1) is 18.4. The highest BCUT2D eigenvalue weighted by atomic mass is 16.5. The zero-order valence-corrected chi connectivity index (χ0v) is 17.6. The van der Waals surface area contributed by atoms with Crippen LogP contribution in [0.4, 0.5) is 0 Å². The van der Waals surface area contributed by atoms with Crippen molar-refractivity contribution in [1.29, 1.82) is 0 Å². The van der Waals surface area contributed by atoms with Crippen molar-refractivity contribution < 1.29 is 9.53 Å². The minimum Gasteiger partial charge on any atom is -0.473 e. The Balaban J connectivity index is 1.45. The molecule has 1 saturated carbocycles. The Morgan fingerprint density at radius 3 is 2.77 bits per heavy atom. The quantitative estimate of drug-likeness (QED) is 0.540. The molecule has 158 valence electrons. The number of rotatable bonds is 5. The lowest BCUT2D eigenvalue weighted by molar-refractivity contribution is -0.119. The average Bonchev–Trinajstić information content (AvgIpc) is 3.19. The van der Waals surface area contributed by atoms with Gasteiger partial charge in [-0.1, -0.05) is 6.07 Å². The number of hydrogen-bond acceptors (Lipinski definition) is 5. The second kappa shape index (κ2) is 6.80. The largest absolute Gasteiger partial charge is 0.473 e. The Labute approximate surface area is 179 Å². The summed E-state index contributed by atoms with van der Waals surface area (Å²) >= 11 is 0. The number of nitrogens with one attached hydrogen (secondary N) is 1. The third kappa shape index (κ3) is 3.13. The molecule has 2 aliphatic rings. The molecule has 31 heavy (non-hydrogen) atoms. The van der Waals surface area contributed by atoms with Crippen LogP contribution in [0.5, 0.6) is 5.88 Å². The van der Waals surface area contributed by atoms with E-state index < -0.39 is 0 Å². The standard InChI is InChI=1S/C23H24N6O2/c1-13(15-8-21(30)24-10-15)31-23-22-19(26-12-29(22)16-4-5-16)9-18(27-23)14-3-6-17-20(7-14)28(2)11-25-17/h3,6-7,9,11-13,15-16H,4-5,8,10H2,1-2H3,(H,24,30). The van der Waals surface area contributed by atoms with Gasteiger partial charge in [0.25, 0.3) is 0 Å². The third-order valence-electron chi connectivity index (χ3n) is 6.45. The van der Waals surface area contributed by atoms with Crippen LogP contribution in [0.25, 0.3) is 33.3 Å². The number of ether oxygens (including phenoxy) is 1. The minimum atomic E-state index is -0.132. The summed E-state index contributed by atoms with van der Waals surface area (Å²) in [5, 5.41) is 2.90. The van der Waals surface area contributed by atoms with Crippen molar-refractivity contribution in [3.63, 3.8) is 0 Å². The molecule has 4 heterocycles. The predicted molar refractivity (Wildman–Crippen MR) is 117 cm³/mol. The maximum Gasteiger partial charge on any atom is 0.241 e. The Morgan fingerprint density at radius 1 is 1.16 bits per heavy atom. The molecule has 4 aromatic rings. The predicted octanol–water partition coefficient (Wildman–Crippen LogP) is 3.22. The highest BCUT2D eigenvalue weighted by Gasteiger charge is 2.31. The van der Waals surface area contributed by atoms with Crippen LogP contribution in [-0.4, -0.2) is 42.6 Å². The molecule has 1 saturated heterocycles. The van der Waals surface area contributed by atoms with Gasteiger partial charge in [-0.2, -0.15) is 0 Å². The molecule has 2 atom stereocenters. The van der Waals surface area contributed by atoms with Gasteiger partial charge < -0.3 is 19.2 Å². The van der Waals surface area contributed by atoms with Crippen LogP contribution in [-0.2, 0) is 11.8 Å². The molecule has 1 aliphatic carbocycles. The lowest BCUT2D eigenvalue weighted by atomic mass is 10.0. The maximum atomic E-state index is 11.7. The summed E-state index contributed by atoms with van der Waals surface area (Å²) in [6.45, 7) is 2.66. The van der Waals surface area contributed by atoms with Gasteiger partial charge in [0, 0.05) is 37.5 Å². The molecule has 6 rings (SSSR count). The number of carbonyl (C=O) groups is 1. The van der Waals surface area contributed by atoms with E-state index in [9.17, 15) is 4.79 Å². The number of aromatic nitrogens is 5. The van der Waals surface area contributed by atoms with E-state index in [2.05, 4.69) is 25.9 Å². The van der Waals surface area contributed by atoms with Gasteiger partial charge in [0.05, 0.1) is 34.9 Å². The normalized spacial score (nSPS) is 19.8. The lowest BCUT2D eigenvalue weighted by Gasteiger charge is -2.20. The molecule has 2 unspecified atom stereocenters.